The first-order valence-corrected chi connectivity index (χ1v) is 9.69. The summed E-state index contributed by atoms with van der Waals surface area (Å²) in [5.74, 6) is 0.0178. The minimum atomic E-state index is -0.107. The minimum absolute atomic E-state index is 0.107. The topological polar surface area (TPSA) is 49.4 Å². The van der Waals surface area contributed by atoms with Crippen molar-refractivity contribution in [3.8, 4) is 0 Å². The van der Waals surface area contributed by atoms with Crippen LogP contribution < -0.4 is 5.32 Å². The lowest BCUT2D eigenvalue weighted by Gasteiger charge is -2.35. The van der Waals surface area contributed by atoms with Crippen molar-refractivity contribution in [3.63, 3.8) is 0 Å². The molecule has 4 nitrogen and oxygen atoms in total. The Balaban J connectivity index is 1.55. The highest BCUT2D eigenvalue weighted by molar-refractivity contribution is 7.10. The molecule has 1 aliphatic rings. The molecule has 0 radical (unpaired) electrons. The second-order valence-corrected chi connectivity index (χ2v) is 7.36. The van der Waals surface area contributed by atoms with Gasteiger partial charge in [-0.3, -0.25) is 9.59 Å². The summed E-state index contributed by atoms with van der Waals surface area (Å²) in [6, 6.07) is 4.12. The molecule has 3 heterocycles. The third-order valence-electron chi connectivity index (χ3n) is 4.21. The van der Waals surface area contributed by atoms with E-state index in [4.69, 9.17) is 0 Å². The molecule has 0 aliphatic carbocycles. The maximum absolute atomic E-state index is 12.5. The first kappa shape index (κ1) is 16.2. The molecule has 0 fully saturated rings. The summed E-state index contributed by atoms with van der Waals surface area (Å²) in [4.78, 5) is 27.8. The number of carbonyl (C=O) groups excluding carboxylic acids is 2. The van der Waals surface area contributed by atoms with E-state index in [2.05, 4.69) is 23.7 Å². The van der Waals surface area contributed by atoms with Gasteiger partial charge in [0.1, 0.15) is 0 Å². The van der Waals surface area contributed by atoms with Crippen molar-refractivity contribution in [3.05, 3.63) is 44.3 Å². The van der Waals surface area contributed by atoms with Crippen LogP contribution in [0.2, 0.25) is 0 Å². The number of nitrogens with one attached hydrogen (secondary N) is 1. The van der Waals surface area contributed by atoms with Gasteiger partial charge in [-0.05, 0) is 41.3 Å². The maximum Gasteiger partial charge on any atom is 0.252 e. The van der Waals surface area contributed by atoms with E-state index in [1.165, 1.54) is 21.8 Å². The number of carbonyl (C=O) groups is 2. The zero-order chi connectivity index (χ0) is 16.2. The number of rotatable bonds is 5. The van der Waals surface area contributed by atoms with E-state index in [-0.39, 0.29) is 17.9 Å². The normalized spacial score (nSPS) is 16.9. The van der Waals surface area contributed by atoms with E-state index in [1.807, 2.05) is 15.7 Å². The molecule has 0 saturated carbocycles. The first-order valence-electron chi connectivity index (χ1n) is 7.86. The van der Waals surface area contributed by atoms with Crippen LogP contribution in [0, 0.1) is 0 Å². The van der Waals surface area contributed by atoms with Gasteiger partial charge in [0.25, 0.3) is 5.91 Å². The van der Waals surface area contributed by atoms with Gasteiger partial charge in [-0.15, -0.1) is 11.3 Å². The SMILES string of the molecule is CCC1c2ccsc2CCN1C(=O)CCNC(=O)c1ccsc1. The van der Waals surface area contributed by atoms with Crippen LogP contribution in [0.25, 0.3) is 0 Å². The summed E-state index contributed by atoms with van der Waals surface area (Å²) in [6.45, 7) is 3.29. The monoisotopic (exact) mass is 348 g/mol. The van der Waals surface area contributed by atoms with Crippen LogP contribution in [0.1, 0.15) is 46.6 Å². The predicted octanol–water partition coefficient (Wildman–Crippen LogP) is 3.47. The summed E-state index contributed by atoms with van der Waals surface area (Å²) >= 11 is 3.28. The molecule has 0 aromatic carbocycles. The molecule has 2 aromatic rings. The van der Waals surface area contributed by atoms with Gasteiger partial charge < -0.3 is 10.2 Å². The predicted molar refractivity (Wildman–Crippen MR) is 94.0 cm³/mol. The van der Waals surface area contributed by atoms with Crippen molar-refractivity contribution < 1.29 is 9.59 Å². The lowest BCUT2D eigenvalue weighted by Crippen LogP contribution is -2.40. The molecule has 1 atom stereocenters. The Morgan fingerprint density at radius 1 is 1.35 bits per heavy atom. The van der Waals surface area contributed by atoms with Gasteiger partial charge in [-0.25, -0.2) is 0 Å². The molecule has 1 unspecified atom stereocenters. The Labute approximate surface area is 144 Å². The van der Waals surface area contributed by atoms with Crippen LogP contribution in [-0.4, -0.2) is 29.8 Å². The second-order valence-electron chi connectivity index (χ2n) is 5.58. The van der Waals surface area contributed by atoms with Crippen molar-refractivity contribution >= 4 is 34.5 Å². The van der Waals surface area contributed by atoms with Crippen molar-refractivity contribution in [1.82, 2.24) is 10.2 Å². The summed E-state index contributed by atoms with van der Waals surface area (Å²) < 4.78 is 0. The average molecular weight is 348 g/mol. The molecular formula is C17H20N2O2S2. The standard InChI is InChI=1S/C17H20N2O2S2/c1-2-14-13-6-10-23-15(13)4-8-19(14)16(20)3-7-18-17(21)12-5-9-22-11-12/h5-6,9-11,14H,2-4,7-8H2,1H3,(H,18,21). The van der Waals surface area contributed by atoms with E-state index < -0.39 is 0 Å². The number of fused-ring (bicyclic) bond motifs is 1. The summed E-state index contributed by atoms with van der Waals surface area (Å²) in [6.07, 6.45) is 2.22. The third-order valence-corrected chi connectivity index (χ3v) is 5.89. The van der Waals surface area contributed by atoms with Gasteiger partial charge in [0.05, 0.1) is 6.04 Å². The smallest absolute Gasteiger partial charge is 0.252 e. The second kappa shape index (κ2) is 7.27. The van der Waals surface area contributed by atoms with Crippen LogP contribution in [0.15, 0.2) is 28.3 Å². The molecule has 2 aromatic heterocycles. The Bertz CT molecular complexity index is 679. The summed E-state index contributed by atoms with van der Waals surface area (Å²) in [7, 11) is 0. The molecule has 0 spiro atoms. The van der Waals surface area contributed by atoms with Crippen LogP contribution in [0.4, 0.5) is 0 Å². The van der Waals surface area contributed by atoms with Crippen molar-refractivity contribution in [2.75, 3.05) is 13.1 Å². The number of thiophene rings is 2. The molecule has 3 rings (SSSR count). The van der Waals surface area contributed by atoms with Crippen molar-refractivity contribution in [2.45, 2.75) is 32.2 Å². The van der Waals surface area contributed by atoms with E-state index in [1.54, 1.807) is 17.4 Å². The molecule has 2 amide bonds. The summed E-state index contributed by atoms with van der Waals surface area (Å²) in [5.41, 5.74) is 1.97. The maximum atomic E-state index is 12.5. The zero-order valence-corrected chi connectivity index (χ0v) is 14.7. The van der Waals surface area contributed by atoms with E-state index >= 15 is 0 Å². The molecule has 122 valence electrons. The van der Waals surface area contributed by atoms with E-state index in [0.29, 0.717) is 18.5 Å². The van der Waals surface area contributed by atoms with E-state index in [9.17, 15) is 9.59 Å². The highest BCUT2D eigenvalue weighted by atomic mass is 32.1. The van der Waals surface area contributed by atoms with Crippen LogP contribution in [0.5, 0.6) is 0 Å². The Kier molecular flexibility index (Phi) is 5.13. The first-order chi connectivity index (χ1) is 11.2. The Morgan fingerprint density at radius 3 is 2.96 bits per heavy atom. The molecule has 6 heteroatoms. The molecule has 0 bridgehead atoms. The number of hydrogen-bond donors (Lipinski definition) is 1. The molecule has 23 heavy (non-hydrogen) atoms. The zero-order valence-electron chi connectivity index (χ0n) is 13.1. The van der Waals surface area contributed by atoms with Gasteiger partial charge in [-0.2, -0.15) is 11.3 Å². The Hall–Kier alpha value is -1.66. The van der Waals surface area contributed by atoms with Crippen molar-refractivity contribution in [1.29, 1.82) is 0 Å². The fourth-order valence-corrected chi connectivity index (χ4v) is 4.62. The lowest BCUT2D eigenvalue weighted by molar-refractivity contribution is -0.134. The number of amides is 2. The van der Waals surface area contributed by atoms with Gasteiger partial charge in [0.2, 0.25) is 5.91 Å². The molecule has 1 aliphatic heterocycles. The van der Waals surface area contributed by atoms with Gasteiger partial charge in [-0.1, -0.05) is 6.92 Å². The van der Waals surface area contributed by atoms with Crippen LogP contribution in [-0.2, 0) is 11.2 Å². The number of nitrogens with zero attached hydrogens (tertiary/aromatic N) is 1. The lowest BCUT2D eigenvalue weighted by atomic mass is 9.97. The minimum Gasteiger partial charge on any atom is -0.351 e. The summed E-state index contributed by atoms with van der Waals surface area (Å²) in [5, 5.41) is 8.62. The fourth-order valence-electron chi connectivity index (χ4n) is 3.06. The van der Waals surface area contributed by atoms with Gasteiger partial charge in [0.15, 0.2) is 0 Å². The van der Waals surface area contributed by atoms with Crippen LogP contribution >= 0.6 is 22.7 Å². The van der Waals surface area contributed by atoms with Gasteiger partial charge in [0, 0.05) is 35.3 Å². The Morgan fingerprint density at radius 2 is 2.22 bits per heavy atom. The highest BCUT2D eigenvalue weighted by Gasteiger charge is 2.29. The highest BCUT2D eigenvalue weighted by Crippen LogP contribution is 2.35. The van der Waals surface area contributed by atoms with Crippen LogP contribution in [0.3, 0.4) is 0 Å². The van der Waals surface area contributed by atoms with Gasteiger partial charge >= 0.3 is 0 Å². The molecule has 0 saturated heterocycles. The van der Waals surface area contributed by atoms with Crippen molar-refractivity contribution in [2.24, 2.45) is 0 Å². The largest absolute Gasteiger partial charge is 0.351 e. The molecular weight excluding hydrogens is 328 g/mol. The number of hydrogen-bond acceptors (Lipinski definition) is 4. The molecule has 1 N–H and O–H groups in total. The third kappa shape index (κ3) is 3.48. The quantitative estimate of drug-likeness (QED) is 0.899. The fraction of sp³-hybridized carbons (Fsp3) is 0.412. The van der Waals surface area contributed by atoms with E-state index in [0.717, 1.165) is 19.4 Å². The average Bonchev–Trinajstić information content (AvgIpc) is 3.24.